The van der Waals surface area contributed by atoms with E-state index in [0.29, 0.717) is 12.6 Å². The maximum Gasteiger partial charge on any atom is 0.244 e. The molecule has 0 radical (unpaired) electrons. The highest BCUT2D eigenvalue weighted by Gasteiger charge is 2.30. The third-order valence-electron chi connectivity index (χ3n) is 4.86. The molecule has 1 atom stereocenters. The van der Waals surface area contributed by atoms with E-state index in [9.17, 15) is 4.79 Å². The molecule has 1 aliphatic carbocycles. The number of likely N-dealkylation sites (N-methyl/N-ethyl adjacent to an activating group) is 1. The second kappa shape index (κ2) is 11.4. The summed E-state index contributed by atoms with van der Waals surface area (Å²) in [4.78, 5) is 14.8. The van der Waals surface area contributed by atoms with Crippen LogP contribution in [0.1, 0.15) is 44.6 Å². The quantitative estimate of drug-likeness (QED) is 0.686. The molecule has 3 N–H and O–H groups in total. The van der Waals surface area contributed by atoms with E-state index in [1.54, 1.807) is 6.92 Å². The third kappa shape index (κ3) is 7.06. The Kier molecular flexibility index (Phi) is 11.2. The van der Waals surface area contributed by atoms with E-state index in [-0.39, 0.29) is 30.7 Å². The number of nitrogens with zero attached hydrogens (tertiary/aromatic N) is 1. The summed E-state index contributed by atoms with van der Waals surface area (Å²) in [7, 11) is 2.15. The standard InChI is InChI=1S/C18H28BrN3O.2ClH/c1-18(20,14-8-10-15(19)11-9-14)17(23)21-12-13-22(2)16-6-4-3-5-7-16;;/h8-11,16H,3-7,12-13,20H2,1-2H3,(H,21,23);2*1H. The molecule has 1 aliphatic rings. The Hall–Kier alpha value is -0.330. The highest BCUT2D eigenvalue weighted by Crippen LogP contribution is 2.22. The number of carbonyl (C=O) groups excluding carboxylic acids is 1. The lowest BCUT2D eigenvalue weighted by atomic mass is 9.92. The molecule has 4 nitrogen and oxygen atoms in total. The Labute approximate surface area is 172 Å². The lowest BCUT2D eigenvalue weighted by molar-refractivity contribution is -0.126. The normalized spacial score (nSPS) is 17.2. The molecule has 0 aromatic heterocycles. The van der Waals surface area contributed by atoms with Crippen LogP contribution in [-0.4, -0.2) is 37.0 Å². The first-order valence-corrected chi connectivity index (χ1v) is 9.24. The van der Waals surface area contributed by atoms with E-state index in [0.717, 1.165) is 16.6 Å². The summed E-state index contributed by atoms with van der Waals surface area (Å²) in [5, 5.41) is 2.99. The van der Waals surface area contributed by atoms with Gasteiger partial charge in [0, 0.05) is 23.6 Å². The molecule has 25 heavy (non-hydrogen) atoms. The first kappa shape index (κ1) is 24.7. The van der Waals surface area contributed by atoms with Crippen LogP contribution in [0.4, 0.5) is 0 Å². The molecule has 7 heteroatoms. The van der Waals surface area contributed by atoms with Crippen molar-refractivity contribution < 1.29 is 4.79 Å². The molecular formula is C18H30BrCl2N3O. The lowest BCUT2D eigenvalue weighted by Gasteiger charge is -2.31. The van der Waals surface area contributed by atoms with Gasteiger partial charge in [-0.3, -0.25) is 4.79 Å². The highest BCUT2D eigenvalue weighted by atomic mass is 79.9. The zero-order chi connectivity index (χ0) is 16.9. The van der Waals surface area contributed by atoms with Crippen LogP contribution in [0.15, 0.2) is 28.7 Å². The van der Waals surface area contributed by atoms with Crippen molar-refractivity contribution in [3.05, 3.63) is 34.3 Å². The van der Waals surface area contributed by atoms with Gasteiger partial charge in [0.2, 0.25) is 5.91 Å². The number of benzene rings is 1. The van der Waals surface area contributed by atoms with Crippen LogP contribution in [0.25, 0.3) is 0 Å². The SMILES string of the molecule is CN(CCNC(=O)C(C)(N)c1ccc(Br)cc1)C1CCCCC1.Cl.Cl. The number of nitrogens with one attached hydrogen (secondary N) is 1. The van der Waals surface area contributed by atoms with E-state index < -0.39 is 5.54 Å². The fraction of sp³-hybridized carbons (Fsp3) is 0.611. The predicted molar refractivity (Wildman–Crippen MR) is 113 cm³/mol. The highest BCUT2D eigenvalue weighted by molar-refractivity contribution is 9.10. The number of hydrogen-bond acceptors (Lipinski definition) is 3. The van der Waals surface area contributed by atoms with Crippen LogP contribution < -0.4 is 11.1 Å². The molecule has 0 saturated heterocycles. The average Bonchev–Trinajstić information content (AvgIpc) is 2.55. The zero-order valence-electron chi connectivity index (χ0n) is 15.0. The Morgan fingerprint density at radius 3 is 2.36 bits per heavy atom. The molecule has 1 fully saturated rings. The molecule has 1 aromatic rings. The van der Waals surface area contributed by atoms with Crippen LogP contribution in [0, 0.1) is 0 Å². The monoisotopic (exact) mass is 453 g/mol. The molecule has 0 bridgehead atoms. The Morgan fingerprint density at radius 1 is 1.24 bits per heavy atom. The van der Waals surface area contributed by atoms with Gasteiger partial charge in [-0.1, -0.05) is 47.3 Å². The van der Waals surface area contributed by atoms with Gasteiger partial charge < -0.3 is 16.0 Å². The van der Waals surface area contributed by atoms with Gasteiger partial charge in [0.05, 0.1) is 0 Å². The smallest absolute Gasteiger partial charge is 0.244 e. The molecule has 0 heterocycles. The lowest BCUT2D eigenvalue weighted by Crippen LogP contribution is -2.50. The van der Waals surface area contributed by atoms with Crippen molar-refractivity contribution in [2.75, 3.05) is 20.1 Å². The van der Waals surface area contributed by atoms with Gasteiger partial charge in [-0.05, 0) is 44.5 Å². The van der Waals surface area contributed by atoms with Crippen LogP contribution in [0.2, 0.25) is 0 Å². The van der Waals surface area contributed by atoms with Gasteiger partial charge >= 0.3 is 0 Å². The molecule has 2 rings (SSSR count). The number of rotatable bonds is 6. The maximum absolute atomic E-state index is 12.4. The number of amides is 1. The maximum atomic E-state index is 12.4. The van der Waals surface area contributed by atoms with Crippen molar-refractivity contribution in [2.24, 2.45) is 5.73 Å². The zero-order valence-corrected chi connectivity index (χ0v) is 18.2. The van der Waals surface area contributed by atoms with Crippen LogP contribution in [0.3, 0.4) is 0 Å². The Morgan fingerprint density at radius 2 is 1.80 bits per heavy atom. The van der Waals surface area contributed by atoms with E-state index in [1.807, 2.05) is 24.3 Å². The van der Waals surface area contributed by atoms with Gasteiger partial charge in [-0.2, -0.15) is 0 Å². The summed E-state index contributed by atoms with van der Waals surface area (Å²) in [5.74, 6) is -0.128. The van der Waals surface area contributed by atoms with Crippen molar-refractivity contribution in [3.63, 3.8) is 0 Å². The fourth-order valence-corrected chi connectivity index (χ4v) is 3.43. The van der Waals surface area contributed by atoms with Gasteiger partial charge in [-0.15, -0.1) is 24.8 Å². The number of nitrogens with two attached hydrogens (primary N) is 1. The Balaban J connectivity index is 0.00000288. The second-order valence-corrected chi connectivity index (χ2v) is 7.65. The van der Waals surface area contributed by atoms with Crippen molar-refractivity contribution >= 4 is 46.7 Å². The predicted octanol–water partition coefficient (Wildman–Crippen LogP) is 3.85. The number of carbonyl (C=O) groups is 1. The second-order valence-electron chi connectivity index (χ2n) is 6.74. The van der Waals surface area contributed by atoms with E-state index in [1.165, 1.54) is 32.1 Å². The minimum absolute atomic E-state index is 0. The molecule has 144 valence electrons. The largest absolute Gasteiger partial charge is 0.353 e. The summed E-state index contributed by atoms with van der Waals surface area (Å²) in [6.07, 6.45) is 6.56. The number of hydrogen-bond donors (Lipinski definition) is 2. The molecule has 1 amide bonds. The van der Waals surface area contributed by atoms with Gasteiger partial charge in [0.15, 0.2) is 0 Å². The topological polar surface area (TPSA) is 58.4 Å². The fourth-order valence-electron chi connectivity index (χ4n) is 3.16. The van der Waals surface area contributed by atoms with Crippen molar-refractivity contribution in [2.45, 2.75) is 50.6 Å². The molecule has 1 unspecified atom stereocenters. The van der Waals surface area contributed by atoms with Gasteiger partial charge in [0.1, 0.15) is 5.54 Å². The van der Waals surface area contributed by atoms with Crippen LogP contribution in [0.5, 0.6) is 0 Å². The minimum atomic E-state index is -1.01. The van der Waals surface area contributed by atoms with Crippen molar-refractivity contribution in [1.82, 2.24) is 10.2 Å². The van der Waals surface area contributed by atoms with Gasteiger partial charge in [0.25, 0.3) is 0 Å². The van der Waals surface area contributed by atoms with Crippen molar-refractivity contribution in [1.29, 1.82) is 0 Å². The Bertz CT molecular complexity index is 520. The minimum Gasteiger partial charge on any atom is -0.353 e. The summed E-state index contributed by atoms with van der Waals surface area (Å²) in [5.41, 5.74) is 6.06. The average molecular weight is 455 g/mol. The summed E-state index contributed by atoms with van der Waals surface area (Å²) in [6.45, 7) is 3.26. The molecule has 0 spiro atoms. The first-order chi connectivity index (χ1) is 10.9. The number of halogens is 3. The first-order valence-electron chi connectivity index (χ1n) is 8.44. The molecule has 1 aromatic carbocycles. The van der Waals surface area contributed by atoms with Crippen LogP contribution in [-0.2, 0) is 10.3 Å². The molecular weight excluding hydrogens is 425 g/mol. The van der Waals surface area contributed by atoms with Crippen molar-refractivity contribution in [3.8, 4) is 0 Å². The summed E-state index contributed by atoms with van der Waals surface area (Å²) in [6, 6.07) is 8.25. The summed E-state index contributed by atoms with van der Waals surface area (Å²) < 4.78 is 0.978. The van der Waals surface area contributed by atoms with Gasteiger partial charge in [-0.25, -0.2) is 0 Å². The third-order valence-corrected chi connectivity index (χ3v) is 5.39. The van der Waals surface area contributed by atoms with Crippen LogP contribution >= 0.6 is 40.7 Å². The van der Waals surface area contributed by atoms with E-state index in [2.05, 4.69) is 33.2 Å². The van der Waals surface area contributed by atoms with E-state index >= 15 is 0 Å². The summed E-state index contributed by atoms with van der Waals surface area (Å²) >= 11 is 3.40. The molecule has 1 saturated carbocycles. The molecule has 0 aliphatic heterocycles. The van der Waals surface area contributed by atoms with E-state index in [4.69, 9.17) is 5.73 Å².